The first-order valence-corrected chi connectivity index (χ1v) is 5.69. The van der Waals surface area contributed by atoms with E-state index in [-0.39, 0.29) is 0 Å². The highest BCUT2D eigenvalue weighted by Gasteiger charge is 2.26. The molecule has 0 aromatic carbocycles. The van der Waals surface area contributed by atoms with Crippen LogP contribution in [0.1, 0.15) is 24.5 Å². The van der Waals surface area contributed by atoms with Gasteiger partial charge < -0.3 is 10.8 Å². The fourth-order valence-electron chi connectivity index (χ4n) is 1.85. The van der Waals surface area contributed by atoms with Crippen molar-refractivity contribution in [3.63, 3.8) is 0 Å². The lowest BCUT2D eigenvalue weighted by molar-refractivity contribution is 0.211. The van der Waals surface area contributed by atoms with Crippen LogP contribution in [0, 0.1) is 0 Å². The summed E-state index contributed by atoms with van der Waals surface area (Å²) in [6.07, 6.45) is 6.74. The number of allylic oxidation sites excluding steroid dienone is 2. The van der Waals surface area contributed by atoms with E-state index in [1.807, 2.05) is 12.1 Å². The molecule has 0 radical (unpaired) electrons. The Labute approximate surface area is 99.3 Å². The third-order valence-corrected chi connectivity index (χ3v) is 3.03. The molecule has 1 aromatic heterocycles. The molecule has 2 heterocycles. The number of hydrogen-bond acceptors (Lipinski definition) is 5. The molecule has 0 bridgehead atoms. The van der Waals surface area contributed by atoms with Gasteiger partial charge in [-0.25, -0.2) is 0 Å². The zero-order valence-electron chi connectivity index (χ0n) is 9.32. The van der Waals surface area contributed by atoms with E-state index in [9.17, 15) is 5.11 Å². The summed E-state index contributed by atoms with van der Waals surface area (Å²) in [7, 11) is 0. The summed E-state index contributed by atoms with van der Waals surface area (Å²) in [5.74, 6) is 1.19. The predicted molar refractivity (Wildman–Crippen MR) is 63.9 cm³/mol. The number of hydrogen-bond donors (Lipinski definition) is 2. The highest BCUT2D eigenvalue weighted by Crippen LogP contribution is 2.38. The molecule has 1 atom stereocenters. The maximum Gasteiger partial charge on any atom is 0.172 e. The standard InChI is InChI=1S/C12H14N4O/c13-9-2-1-7-16(12(9)17)11-6-5-10(14-15-11)8-3-4-8/h1-2,5-8,12,17H,3-4,13H2. The van der Waals surface area contributed by atoms with Crippen LogP contribution in [0.4, 0.5) is 5.82 Å². The number of aromatic nitrogens is 2. The average molecular weight is 230 g/mol. The number of nitrogens with zero attached hydrogens (tertiary/aromatic N) is 3. The van der Waals surface area contributed by atoms with E-state index in [1.54, 1.807) is 23.3 Å². The van der Waals surface area contributed by atoms with E-state index in [2.05, 4.69) is 10.2 Å². The smallest absolute Gasteiger partial charge is 0.172 e. The summed E-state index contributed by atoms with van der Waals surface area (Å²) >= 11 is 0. The molecule has 0 saturated heterocycles. The molecule has 2 aliphatic rings. The van der Waals surface area contributed by atoms with Crippen molar-refractivity contribution in [2.75, 3.05) is 4.90 Å². The summed E-state index contributed by atoms with van der Waals surface area (Å²) in [5.41, 5.74) is 7.10. The first-order valence-electron chi connectivity index (χ1n) is 5.69. The van der Waals surface area contributed by atoms with Gasteiger partial charge in [-0.15, -0.1) is 5.10 Å². The molecule has 17 heavy (non-hydrogen) atoms. The number of aliphatic hydroxyl groups is 1. The van der Waals surface area contributed by atoms with Gasteiger partial charge in [0.05, 0.1) is 11.4 Å². The predicted octanol–water partition coefficient (Wildman–Crippen LogP) is 0.849. The molecular formula is C12H14N4O. The summed E-state index contributed by atoms with van der Waals surface area (Å²) in [5, 5.41) is 18.2. The van der Waals surface area contributed by atoms with Gasteiger partial charge in [0, 0.05) is 12.1 Å². The van der Waals surface area contributed by atoms with Gasteiger partial charge in [0.1, 0.15) is 0 Å². The van der Waals surface area contributed by atoms with Gasteiger partial charge in [-0.05, 0) is 37.1 Å². The Bertz CT molecular complexity index is 476. The van der Waals surface area contributed by atoms with Gasteiger partial charge in [-0.3, -0.25) is 4.90 Å². The lowest BCUT2D eigenvalue weighted by Crippen LogP contribution is -2.37. The number of nitrogens with two attached hydrogens (primary N) is 1. The summed E-state index contributed by atoms with van der Waals surface area (Å²) in [6.45, 7) is 0. The Morgan fingerprint density at radius 1 is 1.29 bits per heavy atom. The van der Waals surface area contributed by atoms with Crippen LogP contribution < -0.4 is 10.6 Å². The second-order valence-electron chi connectivity index (χ2n) is 4.38. The van der Waals surface area contributed by atoms with Crippen molar-refractivity contribution >= 4 is 5.82 Å². The molecule has 1 unspecified atom stereocenters. The van der Waals surface area contributed by atoms with Crippen molar-refractivity contribution in [3.05, 3.63) is 41.9 Å². The topological polar surface area (TPSA) is 75.3 Å². The summed E-state index contributed by atoms with van der Waals surface area (Å²) in [6, 6.07) is 3.84. The molecule has 1 saturated carbocycles. The molecule has 88 valence electrons. The quantitative estimate of drug-likeness (QED) is 0.787. The molecule has 0 amide bonds. The van der Waals surface area contributed by atoms with Crippen molar-refractivity contribution < 1.29 is 5.11 Å². The van der Waals surface area contributed by atoms with Crippen LogP contribution in [0.15, 0.2) is 36.2 Å². The van der Waals surface area contributed by atoms with Crippen LogP contribution in [-0.4, -0.2) is 21.5 Å². The van der Waals surface area contributed by atoms with Gasteiger partial charge in [0.25, 0.3) is 0 Å². The fourth-order valence-corrected chi connectivity index (χ4v) is 1.85. The molecule has 3 N–H and O–H groups in total. The first-order chi connectivity index (χ1) is 8.25. The minimum absolute atomic E-state index is 0.403. The Kier molecular flexibility index (Phi) is 2.33. The van der Waals surface area contributed by atoms with Crippen LogP contribution in [0.2, 0.25) is 0 Å². The van der Waals surface area contributed by atoms with Gasteiger partial charge in [0.15, 0.2) is 12.0 Å². The third kappa shape index (κ3) is 1.89. The van der Waals surface area contributed by atoms with Crippen LogP contribution in [0.5, 0.6) is 0 Å². The van der Waals surface area contributed by atoms with Crippen molar-refractivity contribution in [3.8, 4) is 0 Å². The van der Waals surface area contributed by atoms with Crippen molar-refractivity contribution in [1.82, 2.24) is 10.2 Å². The summed E-state index contributed by atoms with van der Waals surface area (Å²) < 4.78 is 0. The number of anilines is 1. The van der Waals surface area contributed by atoms with E-state index in [1.165, 1.54) is 12.8 Å². The second-order valence-corrected chi connectivity index (χ2v) is 4.38. The lowest BCUT2D eigenvalue weighted by Gasteiger charge is -2.27. The van der Waals surface area contributed by atoms with Crippen LogP contribution >= 0.6 is 0 Å². The Balaban J connectivity index is 1.84. The largest absolute Gasteiger partial charge is 0.398 e. The van der Waals surface area contributed by atoms with Gasteiger partial charge in [-0.1, -0.05) is 0 Å². The van der Waals surface area contributed by atoms with Crippen LogP contribution in [0.3, 0.4) is 0 Å². The molecule has 1 fully saturated rings. The normalized spacial score (nSPS) is 23.7. The van der Waals surface area contributed by atoms with Crippen molar-refractivity contribution in [1.29, 1.82) is 0 Å². The highest BCUT2D eigenvalue weighted by atomic mass is 16.3. The molecule has 3 rings (SSSR count). The Hall–Kier alpha value is -1.88. The zero-order valence-corrected chi connectivity index (χ0v) is 9.32. The molecule has 1 aliphatic heterocycles. The SMILES string of the molecule is NC1=CC=CN(c2ccc(C3CC3)nn2)C1O. The fraction of sp³-hybridized carbons (Fsp3) is 0.333. The molecule has 1 aromatic rings. The van der Waals surface area contributed by atoms with E-state index >= 15 is 0 Å². The second kappa shape index (κ2) is 3.85. The van der Waals surface area contributed by atoms with E-state index in [0.29, 0.717) is 17.4 Å². The number of aliphatic hydroxyl groups excluding tert-OH is 1. The van der Waals surface area contributed by atoms with E-state index in [0.717, 1.165) is 5.69 Å². The van der Waals surface area contributed by atoms with E-state index in [4.69, 9.17) is 5.73 Å². The van der Waals surface area contributed by atoms with Crippen LogP contribution in [-0.2, 0) is 0 Å². The molecular weight excluding hydrogens is 216 g/mol. The average Bonchev–Trinajstić information content (AvgIpc) is 3.17. The minimum atomic E-state index is -0.860. The molecule has 0 spiro atoms. The van der Waals surface area contributed by atoms with Crippen molar-refractivity contribution in [2.24, 2.45) is 5.73 Å². The third-order valence-electron chi connectivity index (χ3n) is 3.03. The summed E-state index contributed by atoms with van der Waals surface area (Å²) in [4.78, 5) is 1.60. The molecule has 1 aliphatic carbocycles. The highest BCUT2D eigenvalue weighted by molar-refractivity contribution is 5.47. The minimum Gasteiger partial charge on any atom is -0.398 e. The van der Waals surface area contributed by atoms with E-state index < -0.39 is 6.23 Å². The van der Waals surface area contributed by atoms with Gasteiger partial charge >= 0.3 is 0 Å². The Morgan fingerprint density at radius 2 is 2.12 bits per heavy atom. The monoisotopic (exact) mass is 230 g/mol. The maximum absolute atomic E-state index is 9.90. The van der Waals surface area contributed by atoms with Crippen LogP contribution in [0.25, 0.3) is 0 Å². The van der Waals surface area contributed by atoms with Crippen molar-refractivity contribution in [2.45, 2.75) is 25.0 Å². The first kappa shape index (κ1) is 10.3. The van der Waals surface area contributed by atoms with Gasteiger partial charge in [-0.2, -0.15) is 5.10 Å². The Morgan fingerprint density at radius 3 is 2.76 bits per heavy atom. The maximum atomic E-state index is 9.90. The molecule has 5 nitrogen and oxygen atoms in total. The zero-order chi connectivity index (χ0) is 11.8. The lowest BCUT2D eigenvalue weighted by atomic mass is 10.2. The molecule has 5 heteroatoms. The van der Waals surface area contributed by atoms with Gasteiger partial charge in [0.2, 0.25) is 0 Å². The number of rotatable bonds is 2.